The fourth-order valence-corrected chi connectivity index (χ4v) is 4.86. The SMILES string of the molecule is Cc1nc2c(-n3c(O)c4c(c3O)[C@]3(C)CC[C@@]4(C)O3)ccc(Br)c2o1. The zero-order chi connectivity index (χ0) is 17.7. The fraction of sp³-hybridized carbons (Fsp3) is 0.389. The lowest BCUT2D eigenvalue weighted by Crippen LogP contribution is -2.17. The van der Waals surface area contributed by atoms with Gasteiger partial charge in [-0.2, -0.15) is 0 Å². The summed E-state index contributed by atoms with van der Waals surface area (Å²) in [7, 11) is 0. The molecule has 3 aromatic rings. The summed E-state index contributed by atoms with van der Waals surface area (Å²) in [6.45, 7) is 5.69. The molecular weight excluding hydrogens is 388 g/mol. The first-order chi connectivity index (χ1) is 11.8. The van der Waals surface area contributed by atoms with E-state index >= 15 is 0 Å². The number of hydrogen-bond donors (Lipinski definition) is 2. The van der Waals surface area contributed by atoms with Crippen molar-refractivity contribution in [1.82, 2.24) is 9.55 Å². The van der Waals surface area contributed by atoms with Crippen LogP contribution < -0.4 is 0 Å². The minimum atomic E-state index is -0.578. The molecule has 1 saturated heterocycles. The second kappa shape index (κ2) is 4.40. The van der Waals surface area contributed by atoms with Crippen molar-refractivity contribution >= 4 is 27.0 Å². The molecule has 6 nitrogen and oxygen atoms in total. The number of rotatable bonds is 1. The summed E-state index contributed by atoms with van der Waals surface area (Å²) in [5, 5.41) is 21.9. The molecule has 25 heavy (non-hydrogen) atoms. The number of aryl methyl sites for hydroxylation is 1. The van der Waals surface area contributed by atoms with Crippen LogP contribution in [0.25, 0.3) is 16.8 Å². The summed E-state index contributed by atoms with van der Waals surface area (Å²) >= 11 is 3.46. The molecule has 7 heteroatoms. The Morgan fingerprint density at radius 2 is 1.72 bits per heavy atom. The van der Waals surface area contributed by atoms with Crippen molar-refractivity contribution in [3.8, 4) is 17.4 Å². The number of benzene rings is 1. The van der Waals surface area contributed by atoms with Crippen LogP contribution in [0.3, 0.4) is 0 Å². The number of aromatic hydroxyl groups is 2. The zero-order valence-corrected chi connectivity index (χ0v) is 15.6. The first-order valence-electron chi connectivity index (χ1n) is 8.19. The summed E-state index contributed by atoms with van der Waals surface area (Å²) < 4.78 is 14.0. The van der Waals surface area contributed by atoms with E-state index in [-0.39, 0.29) is 11.8 Å². The Hall–Kier alpha value is -1.99. The largest absolute Gasteiger partial charge is 0.494 e. The van der Waals surface area contributed by atoms with Gasteiger partial charge in [-0.15, -0.1) is 0 Å². The van der Waals surface area contributed by atoms with Crippen LogP contribution in [0.15, 0.2) is 21.0 Å². The first kappa shape index (κ1) is 15.3. The number of halogens is 1. The average molecular weight is 405 g/mol. The minimum absolute atomic E-state index is 0.00250. The highest BCUT2D eigenvalue weighted by molar-refractivity contribution is 9.10. The van der Waals surface area contributed by atoms with E-state index in [1.54, 1.807) is 13.0 Å². The molecule has 2 aliphatic heterocycles. The van der Waals surface area contributed by atoms with Crippen LogP contribution in [0.1, 0.15) is 43.7 Å². The number of hydrogen-bond acceptors (Lipinski definition) is 5. The van der Waals surface area contributed by atoms with Gasteiger partial charge in [0.25, 0.3) is 0 Å². The van der Waals surface area contributed by atoms with E-state index in [1.165, 1.54) is 4.57 Å². The van der Waals surface area contributed by atoms with Crippen LogP contribution >= 0.6 is 15.9 Å². The summed E-state index contributed by atoms with van der Waals surface area (Å²) in [5.41, 5.74) is 1.93. The van der Waals surface area contributed by atoms with E-state index in [0.29, 0.717) is 33.8 Å². The maximum Gasteiger partial charge on any atom is 0.205 e. The minimum Gasteiger partial charge on any atom is -0.494 e. The van der Waals surface area contributed by atoms with Gasteiger partial charge in [-0.1, -0.05) is 0 Å². The van der Waals surface area contributed by atoms with Gasteiger partial charge in [-0.3, -0.25) is 0 Å². The third-order valence-corrected chi connectivity index (χ3v) is 6.15. The molecule has 0 radical (unpaired) electrons. The fourth-order valence-electron chi connectivity index (χ4n) is 4.46. The quantitative estimate of drug-likeness (QED) is 0.629. The van der Waals surface area contributed by atoms with Gasteiger partial charge in [0.1, 0.15) is 5.52 Å². The van der Waals surface area contributed by atoms with Gasteiger partial charge in [0.2, 0.25) is 11.8 Å². The lowest BCUT2D eigenvalue weighted by Gasteiger charge is -2.21. The Morgan fingerprint density at radius 3 is 2.32 bits per heavy atom. The predicted molar refractivity (Wildman–Crippen MR) is 94.1 cm³/mol. The molecule has 0 aliphatic carbocycles. The van der Waals surface area contributed by atoms with Crippen LogP contribution in [0.2, 0.25) is 0 Å². The molecule has 2 N–H and O–H groups in total. The van der Waals surface area contributed by atoms with Crippen LogP contribution in [-0.4, -0.2) is 19.8 Å². The van der Waals surface area contributed by atoms with Gasteiger partial charge >= 0.3 is 0 Å². The number of fused-ring (bicyclic) bond motifs is 6. The third-order valence-electron chi connectivity index (χ3n) is 5.53. The first-order valence-corrected chi connectivity index (χ1v) is 8.98. The predicted octanol–water partition coefficient (Wildman–Crippen LogP) is 4.36. The second-order valence-electron chi connectivity index (χ2n) is 7.27. The van der Waals surface area contributed by atoms with Crippen molar-refractivity contribution in [2.75, 3.05) is 0 Å². The van der Waals surface area contributed by atoms with Crippen LogP contribution in [0.4, 0.5) is 0 Å². The number of oxazole rings is 1. The second-order valence-corrected chi connectivity index (χ2v) is 8.13. The monoisotopic (exact) mass is 404 g/mol. The molecular formula is C18H17BrN2O4. The van der Waals surface area contributed by atoms with Gasteiger partial charge in [-0.25, -0.2) is 9.55 Å². The third kappa shape index (κ3) is 1.70. The van der Waals surface area contributed by atoms with Crippen LogP contribution in [-0.2, 0) is 15.9 Å². The summed E-state index contributed by atoms with van der Waals surface area (Å²) in [4.78, 5) is 4.43. The Kier molecular flexibility index (Phi) is 2.69. The molecule has 130 valence electrons. The smallest absolute Gasteiger partial charge is 0.205 e. The van der Waals surface area contributed by atoms with E-state index in [4.69, 9.17) is 9.15 Å². The highest BCUT2D eigenvalue weighted by atomic mass is 79.9. The van der Waals surface area contributed by atoms with Gasteiger partial charge in [0.05, 0.1) is 32.5 Å². The molecule has 0 saturated carbocycles. The van der Waals surface area contributed by atoms with Gasteiger partial charge in [-0.05, 0) is 54.8 Å². The molecule has 0 spiro atoms. The molecule has 1 aromatic carbocycles. The van der Waals surface area contributed by atoms with E-state index < -0.39 is 11.2 Å². The molecule has 0 unspecified atom stereocenters. The number of nitrogens with zero attached hydrogens (tertiary/aromatic N) is 2. The maximum atomic E-state index is 11.0. The van der Waals surface area contributed by atoms with Crippen molar-refractivity contribution in [2.24, 2.45) is 0 Å². The zero-order valence-electron chi connectivity index (χ0n) is 14.1. The van der Waals surface area contributed by atoms with Gasteiger partial charge in [0, 0.05) is 6.92 Å². The highest BCUT2D eigenvalue weighted by Crippen LogP contribution is 2.64. The topological polar surface area (TPSA) is 80.7 Å². The maximum absolute atomic E-state index is 11.0. The molecule has 2 aliphatic rings. The van der Waals surface area contributed by atoms with Crippen molar-refractivity contribution in [3.63, 3.8) is 0 Å². The molecule has 2 bridgehead atoms. The number of aromatic nitrogens is 2. The molecule has 1 fully saturated rings. The van der Waals surface area contributed by atoms with Crippen molar-refractivity contribution in [3.05, 3.63) is 33.6 Å². The average Bonchev–Trinajstić information content (AvgIpc) is 3.21. The molecule has 0 amide bonds. The number of ether oxygens (including phenoxy) is 1. The molecule has 2 atom stereocenters. The summed E-state index contributed by atoms with van der Waals surface area (Å²) in [6, 6.07) is 3.62. The lowest BCUT2D eigenvalue weighted by molar-refractivity contribution is -0.0683. The van der Waals surface area contributed by atoms with E-state index in [1.807, 2.05) is 19.9 Å². The lowest BCUT2D eigenvalue weighted by atomic mass is 9.80. The Bertz CT molecular complexity index is 1030. The van der Waals surface area contributed by atoms with Crippen molar-refractivity contribution in [1.29, 1.82) is 0 Å². The van der Waals surface area contributed by atoms with Crippen LogP contribution in [0.5, 0.6) is 11.8 Å². The Balaban J connectivity index is 1.86. The van der Waals surface area contributed by atoms with Crippen molar-refractivity contribution < 1.29 is 19.4 Å². The van der Waals surface area contributed by atoms with E-state index in [9.17, 15) is 10.2 Å². The van der Waals surface area contributed by atoms with E-state index in [0.717, 1.165) is 17.3 Å². The molecule has 5 rings (SSSR count). The van der Waals surface area contributed by atoms with E-state index in [2.05, 4.69) is 20.9 Å². The standard InChI is InChI=1S/C18H17BrN2O4/c1-8-20-13-10(5-4-9(19)14(13)24-8)21-15(22)11-12(16(21)23)18(3)7-6-17(11,2)25-18/h4-5,22-23H,6-7H2,1-3H3/t17-,18+. The van der Waals surface area contributed by atoms with Gasteiger partial charge in [0.15, 0.2) is 11.5 Å². The van der Waals surface area contributed by atoms with Gasteiger partial charge < -0.3 is 19.4 Å². The van der Waals surface area contributed by atoms with Crippen LogP contribution in [0, 0.1) is 6.92 Å². The Morgan fingerprint density at radius 1 is 1.12 bits per heavy atom. The summed E-state index contributed by atoms with van der Waals surface area (Å²) in [5.74, 6) is 0.523. The molecule has 4 heterocycles. The summed E-state index contributed by atoms with van der Waals surface area (Å²) in [6.07, 6.45) is 1.62. The normalized spacial score (nSPS) is 27.4. The molecule has 2 aromatic heterocycles. The highest BCUT2D eigenvalue weighted by Gasteiger charge is 2.59. The Labute approximate surface area is 152 Å². The van der Waals surface area contributed by atoms with Crippen molar-refractivity contribution in [2.45, 2.75) is 44.8 Å².